The molecule has 1 aliphatic heterocycles. The zero-order valence-corrected chi connectivity index (χ0v) is 17.5. The van der Waals surface area contributed by atoms with Crippen molar-refractivity contribution in [3.8, 4) is 27.8 Å². The lowest BCUT2D eigenvalue weighted by atomic mass is 10.2. The summed E-state index contributed by atoms with van der Waals surface area (Å²) in [6, 6.07) is 13.3. The number of nitrogens with zero attached hydrogens (tertiary/aromatic N) is 5. The molecular formula is C22H18FN5O2S. The number of amides is 1. The van der Waals surface area contributed by atoms with Crippen LogP contribution in [0.4, 0.5) is 4.39 Å². The molecule has 1 amide bonds. The summed E-state index contributed by atoms with van der Waals surface area (Å²) in [6.07, 6.45) is 0. The molecule has 7 nitrogen and oxygen atoms in total. The molecule has 156 valence electrons. The van der Waals surface area contributed by atoms with E-state index in [-0.39, 0.29) is 11.7 Å². The van der Waals surface area contributed by atoms with Crippen molar-refractivity contribution in [3.63, 3.8) is 0 Å². The van der Waals surface area contributed by atoms with E-state index >= 15 is 0 Å². The van der Waals surface area contributed by atoms with E-state index in [0.717, 1.165) is 22.0 Å². The Morgan fingerprint density at radius 3 is 2.71 bits per heavy atom. The fourth-order valence-electron chi connectivity index (χ4n) is 3.62. The molecule has 0 saturated heterocycles. The smallest absolute Gasteiger partial charge is 0.254 e. The summed E-state index contributed by atoms with van der Waals surface area (Å²) in [5.74, 6) is 1.63. The van der Waals surface area contributed by atoms with E-state index in [1.54, 1.807) is 12.0 Å². The number of carbonyl (C=O) groups is 1. The largest absolute Gasteiger partial charge is 0.496 e. The normalized spacial score (nSPS) is 13.2. The molecular weight excluding hydrogens is 417 g/mol. The number of aromatic nitrogens is 4. The standard InChI is InChI=1S/C22H18FN5O2S/c1-30-18-5-3-2-4-16(18)21-24-17(13-31-21)20-26-25-19-12-27(10-11-28(19)20)22(29)14-6-8-15(23)9-7-14/h2-9,13H,10-12H2,1H3. The number of hydrogen-bond acceptors (Lipinski definition) is 6. The van der Waals surface area contributed by atoms with Crippen molar-refractivity contribution in [2.24, 2.45) is 0 Å². The number of para-hydroxylation sites is 1. The van der Waals surface area contributed by atoms with E-state index < -0.39 is 0 Å². The number of carbonyl (C=O) groups excluding carboxylic acids is 1. The van der Waals surface area contributed by atoms with Gasteiger partial charge in [-0.05, 0) is 36.4 Å². The Bertz CT molecular complexity index is 1250. The van der Waals surface area contributed by atoms with E-state index in [1.165, 1.54) is 35.6 Å². The fraction of sp³-hybridized carbons (Fsp3) is 0.182. The van der Waals surface area contributed by atoms with Gasteiger partial charge in [0.1, 0.15) is 22.3 Å². The highest BCUT2D eigenvalue weighted by Crippen LogP contribution is 2.34. The first-order valence-corrected chi connectivity index (χ1v) is 10.6. The first-order chi connectivity index (χ1) is 15.1. The van der Waals surface area contributed by atoms with Gasteiger partial charge in [-0.15, -0.1) is 21.5 Å². The summed E-state index contributed by atoms with van der Waals surface area (Å²) in [6.45, 7) is 1.41. The third-order valence-electron chi connectivity index (χ3n) is 5.20. The third-order valence-corrected chi connectivity index (χ3v) is 6.08. The molecule has 0 fully saturated rings. The molecule has 1 aliphatic rings. The molecule has 0 unspecified atom stereocenters. The van der Waals surface area contributed by atoms with Gasteiger partial charge in [0.2, 0.25) is 0 Å². The molecule has 31 heavy (non-hydrogen) atoms. The summed E-state index contributed by atoms with van der Waals surface area (Å²) in [7, 11) is 1.64. The number of benzene rings is 2. The Balaban J connectivity index is 1.39. The van der Waals surface area contributed by atoms with Crippen LogP contribution >= 0.6 is 11.3 Å². The van der Waals surface area contributed by atoms with E-state index in [9.17, 15) is 9.18 Å². The lowest BCUT2D eigenvalue weighted by Crippen LogP contribution is -2.38. The zero-order valence-electron chi connectivity index (χ0n) is 16.7. The maximum atomic E-state index is 13.1. The molecule has 0 bridgehead atoms. The number of halogens is 1. The van der Waals surface area contributed by atoms with Crippen LogP contribution in [0.5, 0.6) is 5.75 Å². The second-order valence-corrected chi connectivity index (χ2v) is 7.92. The summed E-state index contributed by atoms with van der Waals surface area (Å²) in [5.41, 5.74) is 2.12. The minimum absolute atomic E-state index is 0.150. The molecule has 3 heterocycles. The van der Waals surface area contributed by atoms with Gasteiger partial charge in [0.05, 0.1) is 19.2 Å². The summed E-state index contributed by atoms with van der Waals surface area (Å²) in [4.78, 5) is 19.2. The first kappa shape index (κ1) is 19.4. The Morgan fingerprint density at radius 2 is 1.90 bits per heavy atom. The van der Waals surface area contributed by atoms with Crippen LogP contribution < -0.4 is 4.74 Å². The molecule has 0 atom stereocenters. The van der Waals surface area contributed by atoms with E-state index in [0.29, 0.717) is 36.8 Å². The molecule has 0 N–H and O–H groups in total. The predicted molar refractivity (Wildman–Crippen MR) is 114 cm³/mol. The van der Waals surface area contributed by atoms with Gasteiger partial charge in [-0.1, -0.05) is 12.1 Å². The van der Waals surface area contributed by atoms with Crippen molar-refractivity contribution in [1.29, 1.82) is 0 Å². The number of hydrogen-bond donors (Lipinski definition) is 0. The van der Waals surface area contributed by atoms with Gasteiger partial charge < -0.3 is 14.2 Å². The van der Waals surface area contributed by atoms with Crippen LogP contribution in [0.3, 0.4) is 0 Å². The maximum absolute atomic E-state index is 13.1. The lowest BCUT2D eigenvalue weighted by molar-refractivity contribution is 0.0708. The van der Waals surface area contributed by atoms with Crippen LogP contribution in [0.15, 0.2) is 53.9 Å². The Morgan fingerprint density at radius 1 is 1.10 bits per heavy atom. The van der Waals surface area contributed by atoms with Crippen molar-refractivity contribution in [1.82, 2.24) is 24.6 Å². The Hall–Kier alpha value is -3.59. The molecule has 4 aromatic rings. The van der Waals surface area contributed by atoms with Gasteiger partial charge in [-0.25, -0.2) is 9.37 Å². The number of ether oxygens (including phenoxy) is 1. The summed E-state index contributed by atoms with van der Waals surface area (Å²) in [5, 5.41) is 11.4. The third kappa shape index (κ3) is 3.57. The number of fused-ring (bicyclic) bond motifs is 1. The highest BCUT2D eigenvalue weighted by atomic mass is 32.1. The van der Waals surface area contributed by atoms with Crippen molar-refractivity contribution in [2.45, 2.75) is 13.1 Å². The van der Waals surface area contributed by atoms with Crippen LogP contribution in [-0.2, 0) is 13.1 Å². The second kappa shape index (κ2) is 7.92. The van der Waals surface area contributed by atoms with Crippen LogP contribution in [0.1, 0.15) is 16.2 Å². The van der Waals surface area contributed by atoms with Gasteiger partial charge >= 0.3 is 0 Å². The average Bonchev–Trinajstić information content (AvgIpc) is 3.45. The minimum Gasteiger partial charge on any atom is -0.496 e. The van der Waals surface area contributed by atoms with Gasteiger partial charge in [-0.3, -0.25) is 4.79 Å². The van der Waals surface area contributed by atoms with Crippen LogP contribution in [0, 0.1) is 5.82 Å². The van der Waals surface area contributed by atoms with Crippen molar-refractivity contribution >= 4 is 17.2 Å². The maximum Gasteiger partial charge on any atom is 0.254 e. The number of rotatable bonds is 4. The molecule has 2 aromatic heterocycles. The van der Waals surface area contributed by atoms with Gasteiger partial charge in [0, 0.05) is 24.0 Å². The summed E-state index contributed by atoms with van der Waals surface area (Å²) >= 11 is 1.52. The van der Waals surface area contributed by atoms with Crippen molar-refractivity contribution < 1.29 is 13.9 Å². The Labute approximate surface area is 181 Å². The number of methoxy groups -OCH3 is 1. The SMILES string of the molecule is COc1ccccc1-c1nc(-c2nnc3n2CCN(C(=O)c2ccc(F)cc2)C3)cs1. The molecule has 0 spiro atoms. The molecule has 0 aliphatic carbocycles. The van der Waals surface area contributed by atoms with Gasteiger partial charge in [-0.2, -0.15) is 0 Å². The predicted octanol–water partition coefficient (Wildman–Crippen LogP) is 3.87. The topological polar surface area (TPSA) is 73.1 Å². The summed E-state index contributed by atoms with van der Waals surface area (Å²) < 4.78 is 20.6. The second-order valence-electron chi connectivity index (χ2n) is 7.06. The Kier molecular flexibility index (Phi) is 4.95. The van der Waals surface area contributed by atoms with Crippen molar-refractivity contribution in [2.75, 3.05) is 13.7 Å². The highest BCUT2D eigenvalue weighted by Gasteiger charge is 2.26. The van der Waals surface area contributed by atoms with E-state index in [2.05, 4.69) is 10.2 Å². The van der Waals surface area contributed by atoms with Crippen molar-refractivity contribution in [3.05, 3.63) is 71.1 Å². The number of thiazole rings is 1. The molecule has 2 aromatic carbocycles. The van der Waals surface area contributed by atoms with E-state index in [4.69, 9.17) is 9.72 Å². The quantitative estimate of drug-likeness (QED) is 0.487. The van der Waals surface area contributed by atoms with Gasteiger partial charge in [0.15, 0.2) is 11.6 Å². The zero-order chi connectivity index (χ0) is 21.4. The molecule has 9 heteroatoms. The monoisotopic (exact) mass is 435 g/mol. The van der Waals surface area contributed by atoms with E-state index in [1.807, 2.05) is 34.2 Å². The lowest BCUT2D eigenvalue weighted by Gasteiger charge is -2.27. The van der Waals surface area contributed by atoms with Crippen LogP contribution in [0.2, 0.25) is 0 Å². The fourth-order valence-corrected chi connectivity index (χ4v) is 4.45. The molecule has 0 saturated carbocycles. The molecule has 0 radical (unpaired) electrons. The average molecular weight is 435 g/mol. The highest BCUT2D eigenvalue weighted by molar-refractivity contribution is 7.13. The first-order valence-electron chi connectivity index (χ1n) is 9.70. The molecule has 5 rings (SSSR count). The van der Waals surface area contributed by atoms with Crippen LogP contribution in [0.25, 0.3) is 22.1 Å². The van der Waals surface area contributed by atoms with Gasteiger partial charge in [0.25, 0.3) is 5.91 Å². The van der Waals surface area contributed by atoms with Crippen LogP contribution in [-0.4, -0.2) is 44.2 Å². The minimum atomic E-state index is -0.365.